The van der Waals surface area contributed by atoms with Gasteiger partial charge in [0.15, 0.2) is 0 Å². The normalized spacial score (nSPS) is 14.6. The maximum absolute atomic E-state index is 13.2. The number of sulfone groups is 3. The Labute approximate surface area is 838 Å². The van der Waals surface area contributed by atoms with Crippen LogP contribution in [0.4, 0.5) is 17.1 Å². The molecule has 1 atom stereocenters. The van der Waals surface area contributed by atoms with Crippen LogP contribution < -0.4 is 42.5 Å². The number of amides is 6. The molecule has 41 heteroatoms. The van der Waals surface area contributed by atoms with Crippen LogP contribution >= 0.6 is 91.0 Å². The minimum atomic E-state index is -3.96. The van der Waals surface area contributed by atoms with Crippen LogP contribution in [-0.2, 0) is 72.9 Å². The van der Waals surface area contributed by atoms with Gasteiger partial charge >= 0.3 is 0 Å². The minimum absolute atomic E-state index is 0.0473. The summed E-state index contributed by atoms with van der Waals surface area (Å²) < 4.78 is 116. The Kier molecular flexibility index (Phi) is 42.0. The quantitative estimate of drug-likeness (QED) is 0.0115. The SMILES string of the molecule is C1CCOC1.CC1CCCO1.CCNCC.CCNCCCSc1ccc(-c2ncc(CNC(=O)c3ccc4c(c3)NC(=O)c3ccccc3S4(=O)=O)s2)cc1.CS(=O)(=O)OCCCSc1ccc(-c2ncc(CNC(=O)c3ccc4c(c3)NC(=O)c3ccccc3S4(=O)=O)s2)cc1.ClCl.O=C(NCc1cnc(-c2ccc(SCCCO)cc2)s1)c1ccc2c(c1)NC(=O)c1ccccc1S2(=O)=O. The number of halogens is 2. The molecule has 2 saturated heterocycles. The molecule has 9 aromatic carbocycles. The van der Waals surface area contributed by atoms with E-state index < -0.39 is 69.2 Å². The number of hydrogen-bond donors (Lipinski definition) is 9. The predicted molar refractivity (Wildman–Crippen MR) is 548 cm³/mol. The third-order valence-corrected chi connectivity index (χ3v) is 33.4. The molecule has 17 rings (SSSR count). The van der Waals surface area contributed by atoms with Gasteiger partial charge < -0.3 is 57.1 Å². The summed E-state index contributed by atoms with van der Waals surface area (Å²) >= 11 is 9.52. The number of fused-ring (bicyclic) bond motifs is 6. The lowest BCUT2D eigenvalue weighted by Crippen LogP contribution is -2.22. The van der Waals surface area contributed by atoms with E-state index in [9.17, 15) is 62.4 Å². The number of thioether (sulfide) groups is 3. The first-order valence-corrected chi connectivity index (χ1v) is 56.8. The number of ether oxygens (including phenoxy) is 2. The van der Waals surface area contributed by atoms with Gasteiger partial charge in [-0.05, 0) is 211 Å². The van der Waals surface area contributed by atoms with Crippen molar-refractivity contribution in [1.29, 1.82) is 0 Å². The van der Waals surface area contributed by atoms with E-state index in [1.807, 2.05) is 60.3 Å². The second kappa shape index (κ2) is 53.5. The topological polar surface area (TPSA) is 422 Å². The molecule has 730 valence electrons. The average Bonchev–Trinajstić information content (AvgIpc) is 1.67. The summed E-state index contributed by atoms with van der Waals surface area (Å²) in [5.41, 5.74) is 3.95. The lowest BCUT2D eigenvalue weighted by Gasteiger charge is -2.10. The van der Waals surface area contributed by atoms with Crippen LogP contribution in [-0.4, -0.2) is 178 Å². The molecule has 0 aliphatic carbocycles. The first-order valence-electron chi connectivity index (χ1n) is 44.0. The zero-order valence-electron chi connectivity index (χ0n) is 76.0. The number of aliphatic hydroxyl groups excluding tert-OH is 1. The molecular formula is C97H105Cl2N11O18S10. The molecule has 3 aromatic heterocycles. The van der Waals surface area contributed by atoms with Crippen LogP contribution in [0.15, 0.2) is 263 Å². The number of aliphatic hydroxyl groups is 1. The first-order chi connectivity index (χ1) is 66.5. The molecule has 0 bridgehead atoms. The fourth-order valence-corrected chi connectivity index (χ4v) is 24.1. The van der Waals surface area contributed by atoms with E-state index >= 15 is 0 Å². The molecule has 2 fully saturated rings. The summed E-state index contributed by atoms with van der Waals surface area (Å²) in [6.07, 6.45) is 14.3. The van der Waals surface area contributed by atoms with Crippen LogP contribution in [0, 0.1) is 0 Å². The standard InChI is InChI=1S/C29H28N4O4S3.C28H25N3O7S4.C27H23N3O5S3.C5H10O.C4H11N.C4H8O.Cl2/c1-2-30-14-5-15-38-21-11-8-19(9-12-21)29-32-18-22(39-29)17-31-27(34)20-10-13-26-24(16-20)33-28(35)23-6-3-4-7-25(23)40(26,36)37;1-41(34,35)38-13-4-14-39-20-10-7-18(8-11-20)28-30-17-21(40-28)16-29-26(32)19-9-12-25-23(15-19)31-27(33)22-5-2-3-6-24(22)42(25,36)37;31-12-3-13-36-19-9-6-17(7-10-19)27-29-16-20(37-27)15-28-25(32)18-8-11-24-22(14-18)30-26(33)21-4-1-2-5-23(21)38(24,34)35;1-5-3-2-4-6-5;1-3-5-4-2;1-2-4-5-3-1;1-2/h3-4,6-13,16,18,30H,2,5,14-15,17H2,1H3,(H,31,34)(H,33,35);2-3,5-12,15,17H,4,13-14,16H2,1H3,(H,29,32)(H,31,33);1-2,4-11,14,16,31H,3,12-13,15H2,(H,28,32)(H,30,33);5H,2-4H2,1H3;5H,3-4H2,1-2H3;1-4H2;. The average molecular weight is 2100 g/mol. The molecule has 0 saturated carbocycles. The van der Waals surface area contributed by atoms with E-state index in [1.165, 1.54) is 156 Å². The van der Waals surface area contributed by atoms with Gasteiger partial charge in [-0.3, -0.25) is 33.0 Å². The van der Waals surface area contributed by atoms with Crippen molar-refractivity contribution >= 4 is 183 Å². The molecular weight excluding hydrogens is 2000 g/mol. The van der Waals surface area contributed by atoms with Gasteiger partial charge in [0.25, 0.3) is 45.6 Å². The van der Waals surface area contributed by atoms with Crippen molar-refractivity contribution in [3.63, 3.8) is 0 Å². The molecule has 8 heterocycles. The molecule has 138 heavy (non-hydrogen) atoms. The van der Waals surface area contributed by atoms with Gasteiger partial charge in [-0.2, -0.15) is 8.42 Å². The lowest BCUT2D eigenvalue weighted by atomic mass is 10.1. The van der Waals surface area contributed by atoms with Crippen molar-refractivity contribution in [3.05, 3.63) is 267 Å². The van der Waals surface area contributed by atoms with Gasteiger partial charge in [0, 0.05) is 141 Å². The molecule has 9 N–H and O–H groups in total. The number of carbonyl (C=O) groups is 6. The van der Waals surface area contributed by atoms with Gasteiger partial charge in [-0.25, -0.2) is 40.2 Å². The van der Waals surface area contributed by atoms with E-state index in [2.05, 4.69) is 131 Å². The molecule has 1 unspecified atom stereocenters. The van der Waals surface area contributed by atoms with Crippen LogP contribution in [0.25, 0.3) is 31.7 Å². The summed E-state index contributed by atoms with van der Waals surface area (Å²) in [6.45, 7) is 16.7. The van der Waals surface area contributed by atoms with Gasteiger partial charge in [-0.1, -0.05) is 93.6 Å². The van der Waals surface area contributed by atoms with E-state index in [0.717, 1.165) is 138 Å². The largest absolute Gasteiger partial charge is 0.396 e. The van der Waals surface area contributed by atoms with Crippen molar-refractivity contribution in [3.8, 4) is 31.7 Å². The first kappa shape index (κ1) is 108. The Morgan fingerprint density at radius 2 is 0.804 bits per heavy atom. The smallest absolute Gasteiger partial charge is 0.264 e. The Morgan fingerprint density at radius 3 is 1.09 bits per heavy atom. The molecule has 29 nitrogen and oxygen atoms in total. The molecule has 5 aliphatic heterocycles. The highest BCUT2D eigenvalue weighted by Crippen LogP contribution is 2.40. The molecule has 0 spiro atoms. The second-order valence-corrected chi connectivity index (χ2v) is 45.0. The number of nitrogens with one attached hydrogen (secondary N) is 8. The van der Waals surface area contributed by atoms with Crippen LogP contribution in [0.1, 0.15) is 149 Å². The maximum Gasteiger partial charge on any atom is 0.264 e. The van der Waals surface area contributed by atoms with Gasteiger partial charge in [0.05, 0.1) is 102 Å². The summed E-state index contributed by atoms with van der Waals surface area (Å²) in [7, 11) is -7.01. The van der Waals surface area contributed by atoms with Crippen LogP contribution in [0.3, 0.4) is 0 Å². The van der Waals surface area contributed by atoms with E-state index in [-0.39, 0.29) is 119 Å². The number of anilines is 3. The number of rotatable bonds is 30. The van der Waals surface area contributed by atoms with Gasteiger partial charge in [0.2, 0.25) is 29.5 Å². The highest BCUT2D eigenvalue weighted by atomic mass is 36.5. The summed E-state index contributed by atoms with van der Waals surface area (Å²) in [5.74, 6) is -0.223. The van der Waals surface area contributed by atoms with Gasteiger partial charge in [-0.15, -0.1) is 69.3 Å². The fraction of sp³-hybridized carbons (Fsp3) is 0.289. The molecule has 12 aromatic rings. The Bertz CT molecular complexity index is 6660. The molecule has 5 aliphatic rings. The highest BCUT2D eigenvalue weighted by Gasteiger charge is 2.35. The fourth-order valence-electron chi connectivity index (χ4n) is 13.8. The highest BCUT2D eigenvalue weighted by molar-refractivity contribution is 7.99. The van der Waals surface area contributed by atoms with E-state index in [0.29, 0.717) is 12.5 Å². The lowest BCUT2D eigenvalue weighted by molar-refractivity contribution is 0.0943. The third kappa shape index (κ3) is 30.7. The van der Waals surface area contributed by atoms with Crippen molar-refractivity contribution in [2.24, 2.45) is 0 Å². The Balaban J connectivity index is 0.000000181. The van der Waals surface area contributed by atoms with Crippen molar-refractivity contribution in [2.45, 2.75) is 142 Å². The van der Waals surface area contributed by atoms with E-state index in [1.54, 1.807) is 78.5 Å². The second-order valence-electron chi connectivity index (χ2n) is 30.8. The number of benzene rings is 9. The summed E-state index contributed by atoms with van der Waals surface area (Å²) in [5, 5.41) is 34.2. The monoisotopic (exact) mass is 2100 g/mol. The number of aromatic nitrogens is 3. The van der Waals surface area contributed by atoms with Gasteiger partial charge in [0.1, 0.15) is 15.0 Å². The number of thiazole rings is 3. The third-order valence-electron chi connectivity index (χ3n) is 20.8. The Morgan fingerprint density at radius 1 is 0.464 bits per heavy atom. The van der Waals surface area contributed by atoms with Crippen molar-refractivity contribution in [2.75, 3.05) is 98.7 Å². The van der Waals surface area contributed by atoms with Crippen LogP contribution in [0.2, 0.25) is 0 Å². The Hall–Kier alpha value is -10.1. The zero-order valence-corrected chi connectivity index (χ0v) is 85.7. The van der Waals surface area contributed by atoms with Crippen molar-refractivity contribution in [1.82, 2.24) is 41.5 Å². The molecule has 0 radical (unpaired) electrons. The maximum atomic E-state index is 13.2. The van der Waals surface area contributed by atoms with E-state index in [4.69, 9.17) is 18.8 Å². The molecule has 6 amide bonds. The van der Waals surface area contributed by atoms with Crippen LogP contribution in [0.5, 0.6) is 0 Å². The number of carbonyl (C=O) groups excluding carboxylic acids is 6. The summed E-state index contributed by atoms with van der Waals surface area (Å²) in [4.78, 5) is 95.7. The zero-order chi connectivity index (χ0) is 98.8. The number of hydrogen-bond acceptors (Lipinski definition) is 29. The number of nitrogens with zero attached hydrogens (tertiary/aromatic N) is 3. The summed E-state index contributed by atoms with van der Waals surface area (Å²) in [6, 6.07) is 54.7. The van der Waals surface area contributed by atoms with Crippen molar-refractivity contribution < 1.29 is 81.2 Å². The predicted octanol–water partition coefficient (Wildman–Crippen LogP) is 18.4. The minimum Gasteiger partial charge on any atom is -0.396 e.